The largest absolute Gasteiger partial charge is 0.497 e. The van der Waals surface area contributed by atoms with Gasteiger partial charge in [0.1, 0.15) is 12.2 Å². The number of rotatable bonds is 7. The number of carbonyl (C=O) groups is 3. The van der Waals surface area contributed by atoms with Crippen LogP contribution in [0.5, 0.6) is 5.75 Å². The minimum absolute atomic E-state index is 0.00968. The van der Waals surface area contributed by atoms with Crippen molar-refractivity contribution in [1.29, 1.82) is 5.26 Å². The highest BCUT2D eigenvalue weighted by Crippen LogP contribution is 2.40. The number of piperazine rings is 1. The molecular weight excluding hydrogens is 396 g/mol. The zero-order valence-corrected chi connectivity index (χ0v) is 18.2. The lowest BCUT2D eigenvalue weighted by Gasteiger charge is -2.37. The molecule has 0 unspecified atom stereocenters. The Morgan fingerprint density at radius 1 is 1.13 bits per heavy atom. The van der Waals surface area contributed by atoms with Crippen LogP contribution in [0.1, 0.15) is 44.2 Å². The molecule has 0 aliphatic carbocycles. The summed E-state index contributed by atoms with van der Waals surface area (Å²) in [6, 6.07) is 9.16. The molecule has 2 heterocycles. The van der Waals surface area contributed by atoms with E-state index in [0.29, 0.717) is 32.7 Å². The fourth-order valence-corrected chi connectivity index (χ4v) is 4.41. The Hall–Kier alpha value is -3.08. The molecule has 2 aliphatic heterocycles. The summed E-state index contributed by atoms with van der Waals surface area (Å²) in [5.41, 5.74) is 0.934. The molecule has 0 N–H and O–H groups in total. The summed E-state index contributed by atoms with van der Waals surface area (Å²) in [4.78, 5) is 43.5. The SMILES string of the molecule is CCCCN1C(=O)C[C@H](C(=O)N2CCN(C(=O)CC#N)CC2)[C@@H]1c1ccc(OC)cc1. The second-order valence-electron chi connectivity index (χ2n) is 8.01. The van der Waals surface area contributed by atoms with E-state index >= 15 is 0 Å². The number of ether oxygens (including phenoxy) is 1. The number of hydrogen-bond acceptors (Lipinski definition) is 5. The third-order valence-corrected chi connectivity index (χ3v) is 6.13. The number of carbonyl (C=O) groups excluding carboxylic acids is 3. The average molecular weight is 427 g/mol. The van der Waals surface area contributed by atoms with Crippen molar-refractivity contribution >= 4 is 17.7 Å². The maximum Gasteiger partial charge on any atom is 0.236 e. The molecule has 2 atom stereocenters. The Morgan fingerprint density at radius 3 is 2.35 bits per heavy atom. The Kier molecular flexibility index (Phi) is 7.50. The van der Waals surface area contributed by atoms with E-state index in [1.807, 2.05) is 35.2 Å². The Bertz CT molecular complexity index is 840. The topological polar surface area (TPSA) is 94.0 Å². The van der Waals surface area contributed by atoms with Gasteiger partial charge in [0.2, 0.25) is 17.7 Å². The molecule has 0 saturated carbocycles. The van der Waals surface area contributed by atoms with Gasteiger partial charge in [-0.15, -0.1) is 0 Å². The summed E-state index contributed by atoms with van der Waals surface area (Å²) in [6.07, 6.45) is 1.92. The lowest BCUT2D eigenvalue weighted by molar-refractivity contribution is -0.142. The van der Waals surface area contributed by atoms with Crippen LogP contribution in [-0.2, 0) is 14.4 Å². The monoisotopic (exact) mass is 426 g/mol. The number of methoxy groups -OCH3 is 1. The molecule has 2 fully saturated rings. The number of benzene rings is 1. The van der Waals surface area contributed by atoms with Gasteiger partial charge < -0.3 is 19.4 Å². The van der Waals surface area contributed by atoms with E-state index in [-0.39, 0.29) is 36.6 Å². The molecule has 166 valence electrons. The van der Waals surface area contributed by atoms with Crippen LogP contribution in [0.2, 0.25) is 0 Å². The molecule has 0 bridgehead atoms. The molecule has 2 aliphatic rings. The normalized spacial score (nSPS) is 21.2. The van der Waals surface area contributed by atoms with Crippen LogP contribution < -0.4 is 4.74 Å². The molecule has 3 rings (SSSR count). The van der Waals surface area contributed by atoms with Gasteiger partial charge in [0.05, 0.1) is 25.1 Å². The lowest BCUT2D eigenvalue weighted by Crippen LogP contribution is -2.52. The van der Waals surface area contributed by atoms with Gasteiger partial charge in [0.25, 0.3) is 0 Å². The fraction of sp³-hybridized carbons (Fsp3) is 0.565. The van der Waals surface area contributed by atoms with E-state index in [1.165, 1.54) is 0 Å². The summed E-state index contributed by atoms with van der Waals surface area (Å²) in [6.45, 7) is 4.39. The second-order valence-corrected chi connectivity index (χ2v) is 8.01. The first kappa shape index (κ1) is 22.6. The predicted molar refractivity (Wildman–Crippen MR) is 114 cm³/mol. The van der Waals surface area contributed by atoms with Crippen LogP contribution in [0.3, 0.4) is 0 Å². The number of amides is 3. The summed E-state index contributed by atoms with van der Waals surface area (Å²) in [5.74, 6) is 0.0526. The van der Waals surface area contributed by atoms with Crippen molar-refractivity contribution in [3.63, 3.8) is 0 Å². The molecule has 2 saturated heterocycles. The van der Waals surface area contributed by atoms with E-state index in [4.69, 9.17) is 10.00 Å². The Labute approximate surface area is 183 Å². The van der Waals surface area contributed by atoms with Crippen LogP contribution in [-0.4, -0.2) is 72.3 Å². The summed E-state index contributed by atoms with van der Waals surface area (Å²) in [7, 11) is 1.61. The van der Waals surface area contributed by atoms with Gasteiger partial charge in [0, 0.05) is 39.1 Å². The van der Waals surface area contributed by atoms with Crippen molar-refractivity contribution < 1.29 is 19.1 Å². The molecule has 0 aromatic heterocycles. The van der Waals surface area contributed by atoms with Gasteiger partial charge in [-0.1, -0.05) is 25.5 Å². The minimum Gasteiger partial charge on any atom is -0.497 e. The summed E-state index contributed by atoms with van der Waals surface area (Å²) >= 11 is 0. The first-order valence-corrected chi connectivity index (χ1v) is 10.9. The molecule has 3 amide bonds. The van der Waals surface area contributed by atoms with E-state index in [0.717, 1.165) is 24.2 Å². The Morgan fingerprint density at radius 2 is 1.77 bits per heavy atom. The minimum atomic E-state index is -0.445. The van der Waals surface area contributed by atoms with E-state index in [1.54, 1.807) is 16.9 Å². The maximum absolute atomic E-state index is 13.4. The van der Waals surface area contributed by atoms with Crippen LogP contribution in [0.25, 0.3) is 0 Å². The third kappa shape index (κ3) is 4.98. The standard InChI is InChI=1S/C23H30N4O4/c1-3-4-11-27-21(29)16-19(22(27)17-5-7-18(31-2)8-6-17)23(30)26-14-12-25(13-15-26)20(28)9-10-24/h5-8,19,22H,3-4,9,11-16H2,1-2H3/t19-,22-/m0/s1. The molecular formula is C23H30N4O4. The molecule has 0 radical (unpaired) electrons. The molecule has 31 heavy (non-hydrogen) atoms. The number of nitrogens with zero attached hydrogens (tertiary/aromatic N) is 4. The van der Waals surface area contributed by atoms with Crippen LogP contribution in [0, 0.1) is 17.2 Å². The smallest absolute Gasteiger partial charge is 0.236 e. The van der Waals surface area contributed by atoms with Gasteiger partial charge in [-0.25, -0.2) is 0 Å². The van der Waals surface area contributed by atoms with Gasteiger partial charge in [0.15, 0.2) is 0 Å². The van der Waals surface area contributed by atoms with Crippen molar-refractivity contribution in [2.45, 2.75) is 38.6 Å². The number of unbranched alkanes of at least 4 members (excludes halogenated alkanes) is 1. The maximum atomic E-state index is 13.4. The van der Waals surface area contributed by atoms with E-state index in [2.05, 4.69) is 6.92 Å². The van der Waals surface area contributed by atoms with Gasteiger partial charge in [-0.2, -0.15) is 5.26 Å². The van der Waals surface area contributed by atoms with Crippen molar-refractivity contribution in [2.24, 2.45) is 5.92 Å². The average Bonchev–Trinajstić information content (AvgIpc) is 3.13. The van der Waals surface area contributed by atoms with Crippen LogP contribution >= 0.6 is 0 Å². The van der Waals surface area contributed by atoms with Gasteiger partial charge >= 0.3 is 0 Å². The highest BCUT2D eigenvalue weighted by atomic mass is 16.5. The Balaban J connectivity index is 1.77. The van der Waals surface area contributed by atoms with Crippen molar-refractivity contribution in [3.05, 3.63) is 29.8 Å². The van der Waals surface area contributed by atoms with Crippen molar-refractivity contribution in [2.75, 3.05) is 39.8 Å². The van der Waals surface area contributed by atoms with Crippen molar-refractivity contribution in [1.82, 2.24) is 14.7 Å². The van der Waals surface area contributed by atoms with Gasteiger partial charge in [-0.3, -0.25) is 14.4 Å². The van der Waals surface area contributed by atoms with Crippen LogP contribution in [0.4, 0.5) is 0 Å². The fourth-order valence-electron chi connectivity index (χ4n) is 4.41. The number of nitriles is 1. The number of hydrogen-bond donors (Lipinski definition) is 0. The highest BCUT2D eigenvalue weighted by Gasteiger charge is 2.45. The third-order valence-electron chi connectivity index (χ3n) is 6.13. The lowest BCUT2D eigenvalue weighted by atomic mass is 9.91. The first-order chi connectivity index (χ1) is 15.0. The zero-order chi connectivity index (χ0) is 22.4. The molecule has 1 aromatic rings. The molecule has 8 nitrogen and oxygen atoms in total. The molecule has 0 spiro atoms. The first-order valence-electron chi connectivity index (χ1n) is 10.9. The predicted octanol–water partition coefficient (Wildman–Crippen LogP) is 1.97. The molecule has 8 heteroatoms. The number of likely N-dealkylation sites (tertiary alicyclic amines) is 1. The summed E-state index contributed by atoms with van der Waals surface area (Å²) in [5, 5.41) is 8.73. The molecule has 1 aromatic carbocycles. The highest BCUT2D eigenvalue weighted by molar-refractivity contribution is 5.90. The summed E-state index contributed by atoms with van der Waals surface area (Å²) < 4.78 is 5.25. The van der Waals surface area contributed by atoms with Crippen LogP contribution in [0.15, 0.2) is 24.3 Å². The van der Waals surface area contributed by atoms with E-state index < -0.39 is 5.92 Å². The zero-order valence-electron chi connectivity index (χ0n) is 18.2. The van der Waals surface area contributed by atoms with Crippen molar-refractivity contribution in [3.8, 4) is 11.8 Å². The van der Waals surface area contributed by atoms with Gasteiger partial charge in [-0.05, 0) is 24.1 Å². The quantitative estimate of drug-likeness (QED) is 0.664. The second kappa shape index (κ2) is 10.3. The van der Waals surface area contributed by atoms with E-state index in [9.17, 15) is 14.4 Å².